The van der Waals surface area contributed by atoms with Gasteiger partial charge in [-0.3, -0.25) is 0 Å². The number of anilines is 1. The minimum Gasteiger partial charge on any atom is -0.457 e. The molecule has 0 aliphatic carbocycles. The molecule has 3 aromatic rings. The fourth-order valence-electron chi connectivity index (χ4n) is 3.11. The van der Waals surface area contributed by atoms with Gasteiger partial charge in [0.2, 0.25) is 0 Å². The molecule has 0 saturated heterocycles. The maximum absolute atomic E-state index is 14.3. The molecule has 0 amide bonds. The van der Waals surface area contributed by atoms with Crippen LogP contribution in [0.1, 0.15) is 17.5 Å². The van der Waals surface area contributed by atoms with E-state index in [0.29, 0.717) is 23.1 Å². The summed E-state index contributed by atoms with van der Waals surface area (Å²) in [5, 5.41) is 10.3. The Labute approximate surface area is 188 Å². The van der Waals surface area contributed by atoms with Crippen molar-refractivity contribution in [2.75, 3.05) is 4.90 Å². The Bertz CT molecular complexity index is 1110. The van der Waals surface area contributed by atoms with Crippen LogP contribution in [0.4, 0.5) is 40.8 Å². The molecule has 0 aliphatic rings. The topological polar surface area (TPSA) is 32.7 Å². The Balaban J connectivity index is 1.96. The second kappa shape index (κ2) is 9.88. The second-order valence-corrected chi connectivity index (χ2v) is 7.29. The molecule has 1 atom stereocenters. The first kappa shape index (κ1) is 25.3. The Kier molecular flexibility index (Phi) is 7.35. The maximum Gasteiger partial charge on any atom is 0.416 e. The minimum absolute atomic E-state index is 0.0758. The highest BCUT2D eigenvalue weighted by atomic mass is 19.4. The van der Waals surface area contributed by atoms with Crippen LogP contribution >= 0.6 is 0 Å². The summed E-state index contributed by atoms with van der Waals surface area (Å²) in [7, 11) is 0. The third-order valence-electron chi connectivity index (χ3n) is 4.69. The molecule has 0 spiro atoms. The third-order valence-corrected chi connectivity index (χ3v) is 4.69. The first-order valence-electron chi connectivity index (χ1n) is 9.72. The van der Waals surface area contributed by atoms with Crippen LogP contribution in [0.15, 0.2) is 66.7 Å². The van der Waals surface area contributed by atoms with Gasteiger partial charge >= 0.3 is 12.4 Å². The number of hydrogen-bond acceptors (Lipinski definition) is 3. The van der Waals surface area contributed by atoms with Gasteiger partial charge < -0.3 is 14.7 Å². The summed E-state index contributed by atoms with van der Waals surface area (Å²) in [6, 6.07) is 11.7. The quantitative estimate of drug-likeness (QED) is 0.284. The van der Waals surface area contributed by atoms with Gasteiger partial charge in [0.1, 0.15) is 29.4 Å². The van der Waals surface area contributed by atoms with Crippen LogP contribution < -0.4 is 9.64 Å². The number of benzene rings is 3. The van der Waals surface area contributed by atoms with Crippen molar-refractivity contribution in [3.05, 3.63) is 89.5 Å². The van der Waals surface area contributed by atoms with Gasteiger partial charge in [0.05, 0.1) is 12.0 Å². The van der Waals surface area contributed by atoms with Crippen LogP contribution in [0.5, 0.6) is 11.5 Å². The SMILES string of the molecule is OC(CC(F)(F)F)N(Cc1cc(C(F)(F)F)ccc1F)c1cccc(Oc2ccc(F)cc2)c1. The Hall–Kier alpha value is -3.34. The van der Waals surface area contributed by atoms with E-state index in [1.54, 1.807) is 0 Å². The van der Waals surface area contributed by atoms with Crippen molar-refractivity contribution in [1.29, 1.82) is 0 Å². The Morgan fingerprint density at radius 1 is 0.824 bits per heavy atom. The summed E-state index contributed by atoms with van der Waals surface area (Å²) in [6.07, 6.45) is -13.6. The average molecular weight is 491 g/mol. The van der Waals surface area contributed by atoms with E-state index in [1.807, 2.05) is 0 Å². The molecule has 1 N–H and O–H groups in total. The molecule has 0 saturated carbocycles. The average Bonchev–Trinajstić information content (AvgIpc) is 2.73. The zero-order valence-electron chi connectivity index (χ0n) is 17.2. The number of aliphatic hydroxyl groups is 1. The number of nitrogens with zero attached hydrogens (tertiary/aromatic N) is 1. The first-order chi connectivity index (χ1) is 15.8. The van der Waals surface area contributed by atoms with E-state index in [-0.39, 0.29) is 17.2 Å². The van der Waals surface area contributed by atoms with E-state index in [1.165, 1.54) is 36.4 Å². The smallest absolute Gasteiger partial charge is 0.416 e. The van der Waals surface area contributed by atoms with Gasteiger partial charge in [0.15, 0.2) is 0 Å². The monoisotopic (exact) mass is 491 g/mol. The molecule has 0 fully saturated rings. The van der Waals surface area contributed by atoms with Crippen molar-refractivity contribution in [3.63, 3.8) is 0 Å². The predicted molar refractivity (Wildman–Crippen MR) is 107 cm³/mol. The van der Waals surface area contributed by atoms with Crippen molar-refractivity contribution in [3.8, 4) is 11.5 Å². The predicted octanol–water partition coefficient (Wildman–Crippen LogP) is 7.05. The molecule has 34 heavy (non-hydrogen) atoms. The van der Waals surface area contributed by atoms with E-state index in [4.69, 9.17) is 4.74 Å². The van der Waals surface area contributed by atoms with E-state index in [2.05, 4.69) is 0 Å². The number of alkyl halides is 6. The molecular weight excluding hydrogens is 474 g/mol. The molecular formula is C23H17F8NO2. The molecule has 182 valence electrons. The van der Waals surface area contributed by atoms with Crippen molar-refractivity contribution < 1.29 is 45.0 Å². The highest BCUT2D eigenvalue weighted by molar-refractivity contribution is 5.52. The van der Waals surface area contributed by atoms with Crippen molar-refractivity contribution in [2.45, 2.75) is 31.5 Å². The van der Waals surface area contributed by atoms with E-state index >= 15 is 0 Å². The lowest BCUT2D eigenvalue weighted by Crippen LogP contribution is -2.38. The van der Waals surface area contributed by atoms with Gasteiger partial charge in [0.25, 0.3) is 0 Å². The molecule has 3 rings (SSSR count). The van der Waals surface area contributed by atoms with Crippen LogP contribution in [0.2, 0.25) is 0 Å². The lowest BCUT2D eigenvalue weighted by atomic mass is 10.1. The fourth-order valence-corrected chi connectivity index (χ4v) is 3.11. The molecule has 0 heterocycles. The number of ether oxygens (including phenoxy) is 1. The maximum atomic E-state index is 14.3. The Morgan fingerprint density at radius 3 is 2.12 bits per heavy atom. The van der Waals surface area contributed by atoms with Crippen molar-refractivity contribution in [2.24, 2.45) is 0 Å². The normalized spacial score (nSPS) is 13.0. The molecule has 11 heteroatoms. The van der Waals surface area contributed by atoms with Crippen LogP contribution in [0.25, 0.3) is 0 Å². The van der Waals surface area contributed by atoms with E-state index in [9.17, 15) is 40.2 Å². The van der Waals surface area contributed by atoms with E-state index < -0.39 is 54.3 Å². The molecule has 1 unspecified atom stereocenters. The highest BCUT2D eigenvalue weighted by Crippen LogP contribution is 2.34. The van der Waals surface area contributed by atoms with Gasteiger partial charge in [0, 0.05) is 23.9 Å². The van der Waals surface area contributed by atoms with Crippen LogP contribution in [-0.4, -0.2) is 17.5 Å². The first-order valence-corrected chi connectivity index (χ1v) is 9.72. The highest BCUT2D eigenvalue weighted by Gasteiger charge is 2.35. The summed E-state index contributed by atoms with van der Waals surface area (Å²) in [5.41, 5.74) is -1.84. The zero-order valence-corrected chi connectivity index (χ0v) is 17.2. The lowest BCUT2D eigenvalue weighted by molar-refractivity contribution is -0.153. The van der Waals surface area contributed by atoms with Crippen LogP contribution in [0, 0.1) is 11.6 Å². The molecule has 3 nitrogen and oxygen atoms in total. The van der Waals surface area contributed by atoms with Crippen LogP contribution in [0.3, 0.4) is 0 Å². The van der Waals surface area contributed by atoms with E-state index in [0.717, 1.165) is 12.1 Å². The van der Waals surface area contributed by atoms with Gasteiger partial charge in [-0.25, -0.2) is 8.78 Å². The van der Waals surface area contributed by atoms with Gasteiger partial charge in [-0.05, 0) is 54.6 Å². The zero-order chi connectivity index (χ0) is 25.1. The fraction of sp³-hybridized carbons (Fsp3) is 0.217. The van der Waals surface area contributed by atoms with Gasteiger partial charge in [-0.15, -0.1) is 0 Å². The number of rotatable bonds is 7. The van der Waals surface area contributed by atoms with Gasteiger partial charge in [-0.2, -0.15) is 26.3 Å². The number of aliphatic hydroxyl groups excluding tert-OH is 1. The summed E-state index contributed by atoms with van der Waals surface area (Å²) in [4.78, 5) is 0.712. The largest absolute Gasteiger partial charge is 0.457 e. The number of halogens is 8. The number of hydrogen-bond donors (Lipinski definition) is 1. The van der Waals surface area contributed by atoms with Crippen molar-refractivity contribution in [1.82, 2.24) is 0 Å². The summed E-state index contributed by atoms with van der Waals surface area (Å²) in [6.45, 7) is -0.799. The summed E-state index contributed by atoms with van der Waals surface area (Å²) >= 11 is 0. The lowest BCUT2D eigenvalue weighted by Gasteiger charge is -2.31. The standard InChI is InChI=1S/C23H17F8NO2/c24-16-5-7-18(8-6-16)34-19-3-1-2-17(11-19)32(21(33)12-22(26,27)28)13-14-10-15(23(29,30)31)4-9-20(14)25/h1-11,21,33H,12-13H2. The Morgan fingerprint density at radius 2 is 1.50 bits per heavy atom. The molecule has 0 aromatic heterocycles. The summed E-state index contributed by atoms with van der Waals surface area (Å²) < 4.78 is 111. The molecule has 3 aromatic carbocycles. The van der Waals surface area contributed by atoms with Crippen LogP contribution in [-0.2, 0) is 12.7 Å². The minimum atomic E-state index is -4.81. The molecule has 0 aliphatic heterocycles. The molecule has 0 radical (unpaired) electrons. The molecule has 0 bridgehead atoms. The van der Waals surface area contributed by atoms with Gasteiger partial charge in [-0.1, -0.05) is 6.07 Å². The van der Waals surface area contributed by atoms with Crippen molar-refractivity contribution >= 4 is 5.69 Å². The second-order valence-electron chi connectivity index (χ2n) is 7.29. The summed E-state index contributed by atoms with van der Waals surface area (Å²) in [5.74, 6) is -1.33. The third kappa shape index (κ3) is 6.83.